The molecule has 1 nitrogen and oxygen atoms in total. The average Bonchev–Trinajstić information content (AvgIpc) is 2.29. The monoisotopic (exact) mass is 255 g/mol. The molecule has 1 aliphatic rings. The highest BCUT2D eigenvalue weighted by atomic mass is 15.2. The third-order valence-corrected chi connectivity index (χ3v) is 4.47. The number of nitrogens with zero attached hydrogens (tertiary/aromatic N) is 1. The number of allylic oxidation sites excluding steroid dienone is 1. The van der Waals surface area contributed by atoms with Gasteiger partial charge in [0.2, 0.25) is 0 Å². The van der Waals surface area contributed by atoms with Gasteiger partial charge in [0.15, 0.2) is 0 Å². The zero-order chi connectivity index (χ0) is 14.2. The van der Waals surface area contributed by atoms with Crippen molar-refractivity contribution in [3.05, 3.63) is 59.8 Å². The fourth-order valence-electron chi connectivity index (χ4n) is 2.95. The fourth-order valence-corrected chi connectivity index (χ4v) is 2.95. The van der Waals surface area contributed by atoms with Gasteiger partial charge in [-0.1, -0.05) is 56.8 Å². The molecule has 0 saturated carbocycles. The zero-order valence-electron chi connectivity index (χ0n) is 12.7. The van der Waals surface area contributed by atoms with E-state index in [1.165, 1.54) is 22.4 Å². The van der Waals surface area contributed by atoms with Gasteiger partial charge in [-0.3, -0.25) is 0 Å². The van der Waals surface area contributed by atoms with Gasteiger partial charge in [0.1, 0.15) is 0 Å². The van der Waals surface area contributed by atoms with Crippen LogP contribution in [-0.4, -0.2) is 18.0 Å². The van der Waals surface area contributed by atoms with Crippen LogP contribution in [0.1, 0.15) is 31.9 Å². The SMILES string of the molecule is C=C(C(C)C)N1CC(C(=C)C)(c2ccccc2C)C1. The Kier molecular flexibility index (Phi) is 3.58. The first-order valence-corrected chi connectivity index (χ1v) is 7.04. The number of benzene rings is 1. The van der Waals surface area contributed by atoms with Crippen LogP contribution in [0.4, 0.5) is 0 Å². The van der Waals surface area contributed by atoms with Crippen LogP contribution in [0.3, 0.4) is 0 Å². The predicted octanol–water partition coefficient (Wildman–Crippen LogP) is 4.29. The van der Waals surface area contributed by atoms with E-state index in [0.717, 1.165) is 13.1 Å². The second-order valence-corrected chi connectivity index (χ2v) is 6.18. The molecule has 1 heteroatoms. The fraction of sp³-hybridized carbons (Fsp3) is 0.444. The Morgan fingerprint density at radius 1 is 1.21 bits per heavy atom. The van der Waals surface area contributed by atoms with Crippen molar-refractivity contribution in [1.82, 2.24) is 4.90 Å². The lowest BCUT2D eigenvalue weighted by Crippen LogP contribution is -2.59. The van der Waals surface area contributed by atoms with Crippen LogP contribution < -0.4 is 0 Å². The molecular formula is C18H25N. The van der Waals surface area contributed by atoms with E-state index < -0.39 is 0 Å². The van der Waals surface area contributed by atoms with Crippen LogP contribution in [0.2, 0.25) is 0 Å². The first-order valence-electron chi connectivity index (χ1n) is 7.04. The van der Waals surface area contributed by atoms with Crippen molar-refractivity contribution in [2.24, 2.45) is 5.92 Å². The molecule has 1 heterocycles. The standard InChI is InChI=1S/C18H25N/c1-13(2)16(6)19-11-18(12-19,14(3)4)17-10-8-7-9-15(17)5/h7-10,13H,3,6,11-12H2,1-2,4-5H3. The van der Waals surface area contributed by atoms with Crippen molar-refractivity contribution in [2.75, 3.05) is 13.1 Å². The molecule has 0 aromatic heterocycles. The van der Waals surface area contributed by atoms with Gasteiger partial charge in [-0.2, -0.15) is 0 Å². The summed E-state index contributed by atoms with van der Waals surface area (Å²) < 4.78 is 0. The summed E-state index contributed by atoms with van der Waals surface area (Å²) in [7, 11) is 0. The number of rotatable bonds is 4. The van der Waals surface area contributed by atoms with Crippen LogP contribution in [0.5, 0.6) is 0 Å². The van der Waals surface area contributed by atoms with Crippen molar-refractivity contribution >= 4 is 0 Å². The van der Waals surface area contributed by atoms with Crippen LogP contribution in [0, 0.1) is 12.8 Å². The van der Waals surface area contributed by atoms with Crippen molar-refractivity contribution in [3.8, 4) is 0 Å². The number of hydrogen-bond donors (Lipinski definition) is 0. The highest BCUT2D eigenvalue weighted by Gasteiger charge is 2.46. The first-order chi connectivity index (χ1) is 8.88. The number of hydrogen-bond acceptors (Lipinski definition) is 1. The Morgan fingerprint density at radius 2 is 1.79 bits per heavy atom. The van der Waals surface area contributed by atoms with Crippen molar-refractivity contribution in [2.45, 2.75) is 33.1 Å². The van der Waals surface area contributed by atoms with Crippen LogP contribution in [-0.2, 0) is 5.41 Å². The van der Waals surface area contributed by atoms with Gasteiger partial charge in [0.25, 0.3) is 0 Å². The Labute approximate surface area is 117 Å². The molecule has 1 saturated heterocycles. The third-order valence-electron chi connectivity index (χ3n) is 4.47. The Hall–Kier alpha value is -1.50. The summed E-state index contributed by atoms with van der Waals surface area (Å²) in [5, 5.41) is 0. The summed E-state index contributed by atoms with van der Waals surface area (Å²) in [6.07, 6.45) is 0. The van der Waals surface area contributed by atoms with Gasteiger partial charge in [-0.05, 0) is 30.9 Å². The van der Waals surface area contributed by atoms with E-state index in [1.807, 2.05) is 0 Å². The summed E-state index contributed by atoms with van der Waals surface area (Å²) in [6, 6.07) is 8.68. The van der Waals surface area contributed by atoms with E-state index in [1.54, 1.807) is 0 Å². The van der Waals surface area contributed by atoms with E-state index in [2.05, 4.69) is 70.0 Å². The molecule has 1 aromatic rings. The first kappa shape index (κ1) is 13.9. The molecule has 0 unspecified atom stereocenters. The molecule has 0 spiro atoms. The molecule has 2 rings (SSSR count). The van der Waals surface area contributed by atoms with Gasteiger partial charge >= 0.3 is 0 Å². The summed E-state index contributed by atoms with van der Waals surface area (Å²) >= 11 is 0. The van der Waals surface area contributed by atoms with Gasteiger partial charge in [0, 0.05) is 18.8 Å². The molecular weight excluding hydrogens is 230 g/mol. The van der Waals surface area contributed by atoms with Gasteiger partial charge in [-0.15, -0.1) is 0 Å². The molecule has 19 heavy (non-hydrogen) atoms. The molecule has 0 bridgehead atoms. The lowest BCUT2D eigenvalue weighted by molar-refractivity contribution is 0.119. The van der Waals surface area contributed by atoms with E-state index in [4.69, 9.17) is 0 Å². The Morgan fingerprint density at radius 3 is 2.26 bits per heavy atom. The van der Waals surface area contributed by atoms with Crippen molar-refractivity contribution in [3.63, 3.8) is 0 Å². The van der Waals surface area contributed by atoms with Crippen molar-refractivity contribution < 1.29 is 0 Å². The van der Waals surface area contributed by atoms with Gasteiger partial charge < -0.3 is 4.90 Å². The number of likely N-dealkylation sites (tertiary alicyclic amines) is 1. The van der Waals surface area contributed by atoms with E-state index in [9.17, 15) is 0 Å². The van der Waals surface area contributed by atoms with E-state index >= 15 is 0 Å². The molecule has 1 aromatic carbocycles. The molecule has 0 atom stereocenters. The maximum absolute atomic E-state index is 4.25. The lowest BCUT2D eigenvalue weighted by Gasteiger charge is -2.54. The van der Waals surface area contributed by atoms with Gasteiger partial charge in [0.05, 0.1) is 5.41 Å². The highest BCUT2D eigenvalue weighted by molar-refractivity contribution is 5.44. The zero-order valence-corrected chi connectivity index (χ0v) is 12.7. The molecule has 0 amide bonds. The topological polar surface area (TPSA) is 3.24 Å². The minimum Gasteiger partial charge on any atom is -0.372 e. The molecule has 0 aliphatic carbocycles. The molecule has 0 radical (unpaired) electrons. The lowest BCUT2D eigenvalue weighted by atomic mass is 9.67. The minimum atomic E-state index is 0.114. The van der Waals surface area contributed by atoms with E-state index in [-0.39, 0.29) is 5.41 Å². The molecule has 102 valence electrons. The highest BCUT2D eigenvalue weighted by Crippen LogP contribution is 2.43. The van der Waals surface area contributed by atoms with Crippen LogP contribution in [0.25, 0.3) is 0 Å². The van der Waals surface area contributed by atoms with Crippen LogP contribution >= 0.6 is 0 Å². The minimum absolute atomic E-state index is 0.114. The summed E-state index contributed by atoms with van der Waals surface area (Å²) in [5.41, 5.74) is 5.40. The maximum atomic E-state index is 4.25. The Bertz CT molecular complexity index is 504. The predicted molar refractivity (Wildman–Crippen MR) is 83.2 cm³/mol. The van der Waals surface area contributed by atoms with Crippen molar-refractivity contribution in [1.29, 1.82) is 0 Å². The van der Waals surface area contributed by atoms with Crippen LogP contribution in [0.15, 0.2) is 48.7 Å². The summed E-state index contributed by atoms with van der Waals surface area (Å²) in [4.78, 5) is 2.39. The smallest absolute Gasteiger partial charge is 0.0509 e. The van der Waals surface area contributed by atoms with Gasteiger partial charge in [-0.25, -0.2) is 0 Å². The number of aryl methyl sites for hydroxylation is 1. The summed E-state index contributed by atoms with van der Waals surface area (Å²) in [5.74, 6) is 0.514. The van der Waals surface area contributed by atoms with E-state index in [0.29, 0.717) is 5.92 Å². The molecule has 1 fully saturated rings. The summed E-state index contributed by atoms with van der Waals surface area (Å²) in [6.45, 7) is 19.3. The molecule has 0 N–H and O–H groups in total. The normalized spacial score (nSPS) is 17.2. The third kappa shape index (κ3) is 2.22. The average molecular weight is 255 g/mol. The second kappa shape index (κ2) is 4.88. The quantitative estimate of drug-likeness (QED) is 0.725. The second-order valence-electron chi connectivity index (χ2n) is 6.18. The largest absolute Gasteiger partial charge is 0.372 e. The molecule has 1 aliphatic heterocycles. The Balaban J connectivity index is 2.28. The maximum Gasteiger partial charge on any atom is 0.0509 e.